The van der Waals surface area contributed by atoms with Gasteiger partial charge in [-0.05, 0) is 48.7 Å². The van der Waals surface area contributed by atoms with Crippen LogP contribution in [0.5, 0.6) is 0 Å². The van der Waals surface area contributed by atoms with E-state index in [-0.39, 0.29) is 36.3 Å². The summed E-state index contributed by atoms with van der Waals surface area (Å²) < 4.78 is 83.1. The molecular weight excluding hydrogens is 514 g/mol. The fraction of sp³-hybridized carbons (Fsp3) is 0.333. The molecule has 0 radical (unpaired) electrons. The van der Waals surface area contributed by atoms with Crippen molar-refractivity contribution in [1.29, 1.82) is 0 Å². The summed E-state index contributed by atoms with van der Waals surface area (Å²) in [5, 5.41) is 6.28. The van der Waals surface area contributed by atoms with E-state index >= 15 is 0 Å². The molecule has 0 aliphatic carbocycles. The Balaban J connectivity index is 0.00000400. The number of hydrogen-bond acceptors (Lipinski definition) is 7. The first-order valence-corrected chi connectivity index (χ1v) is 11.0. The minimum Gasteiger partial charge on any atom is -0.383 e. The van der Waals surface area contributed by atoms with Crippen molar-refractivity contribution in [2.24, 2.45) is 0 Å². The Hall–Kier alpha value is -4.10. The normalized spacial score (nSPS) is 11.9. The van der Waals surface area contributed by atoms with E-state index < -0.39 is 40.8 Å². The molecule has 0 bridgehead atoms. The van der Waals surface area contributed by atoms with E-state index in [0.29, 0.717) is 11.5 Å². The van der Waals surface area contributed by atoms with Gasteiger partial charge in [-0.15, -0.1) is 5.10 Å². The number of anilines is 4. The Morgan fingerprint density at radius 1 is 1.03 bits per heavy atom. The van der Waals surface area contributed by atoms with Gasteiger partial charge in [0.05, 0.1) is 28.5 Å². The van der Waals surface area contributed by atoms with Gasteiger partial charge < -0.3 is 16.0 Å². The number of halogens is 6. The maximum Gasteiger partial charge on any atom is 0.434 e. The van der Waals surface area contributed by atoms with Crippen molar-refractivity contribution in [3.05, 3.63) is 52.8 Å². The fourth-order valence-corrected chi connectivity index (χ4v) is 3.89. The molecule has 3 N–H and O–H groups in total. The van der Waals surface area contributed by atoms with Crippen LogP contribution in [0.25, 0.3) is 16.7 Å². The number of nitrogens with zero attached hydrogens (tertiary/aromatic N) is 6. The van der Waals surface area contributed by atoms with E-state index in [4.69, 9.17) is 5.73 Å². The molecule has 0 amide bonds. The van der Waals surface area contributed by atoms with Crippen LogP contribution in [0, 0.1) is 6.92 Å². The van der Waals surface area contributed by atoms with Crippen LogP contribution in [0.4, 0.5) is 49.6 Å². The lowest BCUT2D eigenvalue weighted by molar-refractivity contribution is -0.140. The molecule has 0 spiro atoms. The molecule has 1 aromatic carbocycles. The zero-order valence-electron chi connectivity index (χ0n) is 20.1. The van der Waals surface area contributed by atoms with Crippen LogP contribution < -0.4 is 16.0 Å². The summed E-state index contributed by atoms with van der Waals surface area (Å²) in [6.45, 7) is 3.03. The first-order chi connectivity index (χ1) is 17.2. The maximum atomic E-state index is 14.0. The SMILES string of the molecule is C.CCc1cc(C(F)(F)F)cc(C)c1-n1nc2nc(Nc3ccc(N(C)C)nc3)nc(C(F)(F)F)c2c1N. The number of nitrogens with two attached hydrogens (primary N) is 1. The van der Waals surface area contributed by atoms with Gasteiger partial charge in [-0.1, -0.05) is 14.4 Å². The summed E-state index contributed by atoms with van der Waals surface area (Å²) in [6.07, 6.45) is -7.96. The second-order valence-electron chi connectivity index (χ2n) is 8.47. The molecule has 0 saturated heterocycles. The van der Waals surface area contributed by atoms with Gasteiger partial charge in [0, 0.05) is 14.1 Å². The first-order valence-electron chi connectivity index (χ1n) is 11.0. The lowest BCUT2D eigenvalue weighted by Gasteiger charge is -2.16. The van der Waals surface area contributed by atoms with Gasteiger partial charge in [0.25, 0.3) is 0 Å². The average molecular weight is 541 g/mol. The van der Waals surface area contributed by atoms with Crippen LogP contribution in [-0.2, 0) is 18.8 Å². The second-order valence-corrected chi connectivity index (χ2v) is 8.47. The predicted octanol–water partition coefficient (Wildman–Crippen LogP) is 6.15. The topological polar surface area (TPSA) is 97.8 Å². The molecule has 3 heterocycles. The molecule has 3 aromatic heterocycles. The third-order valence-electron chi connectivity index (χ3n) is 5.60. The molecule has 0 fully saturated rings. The van der Waals surface area contributed by atoms with Crippen molar-refractivity contribution in [2.45, 2.75) is 40.0 Å². The molecule has 38 heavy (non-hydrogen) atoms. The number of hydrogen-bond donors (Lipinski definition) is 2. The highest BCUT2D eigenvalue weighted by molar-refractivity contribution is 5.91. The Bertz CT molecular complexity index is 1460. The Morgan fingerprint density at radius 2 is 1.71 bits per heavy atom. The summed E-state index contributed by atoms with van der Waals surface area (Å²) in [4.78, 5) is 13.7. The number of aromatic nitrogens is 5. The number of rotatable bonds is 5. The van der Waals surface area contributed by atoms with E-state index in [1.165, 1.54) is 13.1 Å². The van der Waals surface area contributed by atoms with Crippen LogP contribution in [-0.4, -0.2) is 38.8 Å². The molecule has 0 unspecified atom stereocenters. The van der Waals surface area contributed by atoms with E-state index in [0.717, 1.165) is 16.8 Å². The van der Waals surface area contributed by atoms with Gasteiger partial charge in [0.15, 0.2) is 11.3 Å². The van der Waals surface area contributed by atoms with Crippen molar-refractivity contribution >= 4 is 34.3 Å². The molecule has 0 aliphatic heterocycles. The third-order valence-corrected chi connectivity index (χ3v) is 5.60. The Kier molecular flexibility index (Phi) is 7.48. The lowest BCUT2D eigenvalue weighted by Crippen LogP contribution is -2.13. The zero-order chi connectivity index (χ0) is 27.3. The van der Waals surface area contributed by atoms with Gasteiger partial charge in [-0.3, -0.25) is 0 Å². The lowest BCUT2D eigenvalue weighted by atomic mass is 10.0. The summed E-state index contributed by atoms with van der Waals surface area (Å²) in [5.41, 5.74) is 4.34. The highest BCUT2D eigenvalue weighted by Crippen LogP contribution is 2.39. The van der Waals surface area contributed by atoms with Gasteiger partial charge in [-0.2, -0.15) is 31.3 Å². The van der Waals surface area contributed by atoms with E-state index in [1.807, 2.05) is 0 Å². The average Bonchev–Trinajstić information content (AvgIpc) is 3.12. The Morgan fingerprint density at radius 3 is 2.24 bits per heavy atom. The number of aryl methyl sites for hydroxylation is 2. The minimum atomic E-state index is -4.92. The molecular formula is C24H26F6N8. The van der Waals surface area contributed by atoms with E-state index in [2.05, 4.69) is 25.4 Å². The largest absolute Gasteiger partial charge is 0.434 e. The minimum absolute atomic E-state index is 0. The van der Waals surface area contributed by atoms with Gasteiger partial charge in [-0.25, -0.2) is 14.6 Å². The summed E-state index contributed by atoms with van der Waals surface area (Å²) >= 11 is 0. The van der Waals surface area contributed by atoms with Gasteiger partial charge >= 0.3 is 12.4 Å². The van der Waals surface area contributed by atoms with Crippen LogP contribution in [0.15, 0.2) is 30.5 Å². The standard InChI is InChI=1S/C23H22F6N8.CH4/c1-5-12-9-13(22(24,25)26)8-11(2)17(12)37-19(30)16-18(23(27,28)29)33-21(34-20(16)35-37)32-14-6-7-15(31-10-14)36(3)4;/h6-10H,5,30H2,1-4H3,(H,32,34,35);1H4. The number of benzene rings is 1. The molecule has 0 aliphatic rings. The number of pyridine rings is 1. The Labute approximate surface area is 214 Å². The summed E-state index contributed by atoms with van der Waals surface area (Å²) in [7, 11) is 3.57. The van der Waals surface area contributed by atoms with Crippen molar-refractivity contribution in [2.75, 3.05) is 30.0 Å². The zero-order valence-corrected chi connectivity index (χ0v) is 20.1. The monoisotopic (exact) mass is 540 g/mol. The van der Waals surface area contributed by atoms with Crippen LogP contribution in [0.1, 0.15) is 36.7 Å². The second kappa shape index (κ2) is 9.99. The van der Waals surface area contributed by atoms with Gasteiger partial charge in [0.1, 0.15) is 11.6 Å². The van der Waals surface area contributed by atoms with Crippen LogP contribution >= 0.6 is 0 Å². The number of nitrogens with one attached hydrogen (secondary N) is 1. The summed E-state index contributed by atoms with van der Waals surface area (Å²) in [5.74, 6) is -0.213. The molecule has 0 atom stereocenters. The van der Waals surface area contributed by atoms with E-state index in [1.54, 1.807) is 38.1 Å². The molecule has 4 rings (SSSR count). The van der Waals surface area contributed by atoms with Crippen molar-refractivity contribution < 1.29 is 26.3 Å². The molecule has 4 aromatic rings. The van der Waals surface area contributed by atoms with Crippen molar-refractivity contribution in [3.63, 3.8) is 0 Å². The van der Waals surface area contributed by atoms with Gasteiger partial charge in [0.2, 0.25) is 5.95 Å². The van der Waals surface area contributed by atoms with E-state index in [9.17, 15) is 26.3 Å². The number of nitrogen functional groups attached to an aromatic ring is 1. The smallest absolute Gasteiger partial charge is 0.383 e. The molecule has 0 saturated carbocycles. The highest BCUT2D eigenvalue weighted by atomic mass is 19.4. The third kappa shape index (κ3) is 5.29. The quantitative estimate of drug-likeness (QED) is 0.293. The van der Waals surface area contributed by atoms with Crippen LogP contribution in [0.3, 0.4) is 0 Å². The molecule has 204 valence electrons. The maximum absolute atomic E-state index is 14.0. The fourth-order valence-electron chi connectivity index (χ4n) is 3.89. The molecule has 8 nitrogen and oxygen atoms in total. The summed E-state index contributed by atoms with van der Waals surface area (Å²) in [6, 6.07) is 5.07. The molecule has 14 heteroatoms. The highest BCUT2D eigenvalue weighted by Gasteiger charge is 2.38. The first kappa shape index (κ1) is 28.5. The van der Waals surface area contributed by atoms with Crippen molar-refractivity contribution in [1.82, 2.24) is 24.7 Å². The van der Waals surface area contributed by atoms with Crippen LogP contribution in [0.2, 0.25) is 0 Å². The number of fused-ring (bicyclic) bond motifs is 1. The van der Waals surface area contributed by atoms with Crippen molar-refractivity contribution in [3.8, 4) is 5.69 Å². The predicted molar refractivity (Wildman–Crippen MR) is 134 cm³/mol. The number of alkyl halides is 6.